The molecule has 2 aromatic carbocycles. The molecule has 1 aliphatic carbocycles. The summed E-state index contributed by atoms with van der Waals surface area (Å²) >= 11 is 0. The van der Waals surface area contributed by atoms with Gasteiger partial charge in [-0.3, -0.25) is 9.69 Å². The molecular weight excluding hydrogens is 678 g/mol. The molecular formula is C41H50F2N6O4. The molecule has 4 aliphatic rings. The molecule has 3 fully saturated rings. The normalized spacial score (nSPS) is 27.5. The van der Waals surface area contributed by atoms with Gasteiger partial charge in [-0.05, 0) is 82.4 Å². The van der Waals surface area contributed by atoms with Gasteiger partial charge in [0.25, 0.3) is 0 Å². The lowest BCUT2D eigenvalue weighted by Crippen LogP contribution is -2.53. The van der Waals surface area contributed by atoms with Gasteiger partial charge in [0.05, 0.1) is 28.9 Å². The number of likely N-dealkylation sites (N-methyl/N-ethyl adjacent to an activating group) is 1. The average molecular weight is 729 g/mol. The number of hydrogen-bond donors (Lipinski definition) is 2. The van der Waals surface area contributed by atoms with Crippen LogP contribution in [0.25, 0.3) is 10.8 Å². The summed E-state index contributed by atoms with van der Waals surface area (Å²) in [5, 5.41) is 22.4. The van der Waals surface area contributed by atoms with Gasteiger partial charge in [0.2, 0.25) is 5.91 Å². The van der Waals surface area contributed by atoms with Gasteiger partial charge in [0, 0.05) is 74.4 Å². The Morgan fingerprint density at radius 2 is 1.98 bits per heavy atom. The molecule has 3 aromatic rings. The lowest BCUT2D eigenvalue weighted by Gasteiger charge is -2.44. The van der Waals surface area contributed by atoms with Crippen LogP contribution in [-0.4, -0.2) is 105 Å². The first-order valence-corrected chi connectivity index (χ1v) is 18.8. The Morgan fingerprint density at radius 1 is 1.21 bits per heavy atom. The highest BCUT2D eigenvalue weighted by Gasteiger charge is 2.47. The first-order valence-electron chi connectivity index (χ1n) is 18.8. The highest BCUT2D eigenvalue weighted by atomic mass is 19.1. The number of phenolic OH excluding ortho intramolecular Hbond substituents is 1. The summed E-state index contributed by atoms with van der Waals surface area (Å²) < 4.78 is 36.6. The van der Waals surface area contributed by atoms with Crippen LogP contribution in [0.1, 0.15) is 75.6 Å². The van der Waals surface area contributed by atoms with Gasteiger partial charge in [-0.15, -0.1) is 6.42 Å². The van der Waals surface area contributed by atoms with Crippen molar-refractivity contribution in [1.82, 2.24) is 19.8 Å². The van der Waals surface area contributed by atoms with Crippen molar-refractivity contribution < 1.29 is 28.5 Å². The van der Waals surface area contributed by atoms with E-state index >= 15 is 4.39 Å². The summed E-state index contributed by atoms with van der Waals surface area (Å²) in [5.74, 6) is 2.65. The fourth-order valence-electron chi connectivity index (χ4n) is 9.18. The Labute approximate surface area is 310 Å². The molecule has 2 saturated heterocycles. The smallest absolute Gasteiger partial charge is 0.318 e. The van der Waals surface area contributed by atoms with Crippen LogP contribution in [0.5, 0.6) is 11.8 Å². The number of aromatic hydroxyl groups is 1. The lowest BCUT2D eigenvalue weighted by atomic mass is 9.82. The molecule has 12 heteroatoms. The van der Waals surface area contributed by atoms with E-state index in [9.17, 15) is 19.4 Å². The molecule has 0 unspecified atom stereocenters. The predicted octanol–water partition coefficient (Wildman–Crippen LogP) is 5.51. The molecule has 1 saturated carbocycles. The molecule has 282 valence electrons. The van der Waals surface area contributed by atoms with Gasteiger partial charge in [-0.25, -0.2) is 8.78 Å². The Hall–Kier alpha value is -4.47. The molecule has 1 aromatic heterocycles. The van der Waals surface area contributed by atoms with Crippen LogP contribution in [0.3, 0.4) is 0 Å². The minimum atomic E-state index is -0.992. The number of fused-ring (bicyclic) bond motifs is 2. The molecule has 10 nitrogen and oxygen atoms in total. The molecule has 3 atom stereocenters. The third-order valence-corrected chi connectivity index (χ3v) is 12.0. The predicted molar refractivity (Wildman–Crippen MR) is 201 cm³/mol. The SMILES string of the molecule is C#Cc1c(F)ccc2cc(O)cc(N3CCc4c(nc(OC[C@]5(C)C[C@@H](F)CN5C5CCC(C)(O)CC5)nc4N(C)C[C@@H]4CCCN4C(=O)C=C)C3)c12. The number of aromatic nitrogens is 2. The number of carbonyl (C=O) groups is 1. The Kier molecular flexibility index (Phi) is 10.0. The van der Waals surface area contributed by atoms with Gasteiger partial charge < -0.3 is 29.6 Å². The number of amides is 1. The highest BCUT2D eigenvalue weighted by Crippen LogP contribution is 2.41. The van der Waals surface area contributed by atoms with Crippen molar-refractivity contribution in [2.75, 3.05) is 49.6 Å². The lowest BCUT2D eigenvalue weighted by molar-refractivity contribution is -0.126. The third-order valence-electron chi connectivity index (χ3n) is 12.0. The van der Waals surface area contributed by atoms with Crippen molar-refractivity contribution in [3.63, 3.8) is 0 Å². The van der Waals surface area contributed by atoms with Crippen LogP contribution in [0.4, 0.5) is 20.3 Å². The van der Waals surface area contributed by atoms with Crippen LogP contribution < -0.4 is 14.5 Å². The highest BCUT2D eigenvalue weighted by molar-refractivity contribution is 6.00. The van der Waals surface area contributed by atoms with Crippen LogP contribution in [-0.2, 0) is 17.8 Å². The zero-order valence-corrected chi connectivity index (χ0v) is 31.0. The summed E-state index contributed by atoms with van der Waals surface area (Å²) in [4.78, 5) is 30.8. The van der Waals surface area contributed by atoms with Crippen LogP contribution in [0, 0.1) is 18.2 Å². The molecule has 0 spiro atoms. The second kappa shape index (κ2) is 14.4. The van der Waals surface area contributed by atoms with Crippen molar-refractivity contribution in [3.05, 3.63) is 59.6 Å². The standard InChI is InChI=1S/C41H50F2N6O4/c1-6-31-33(43)11-10-26-19-30(50)20-35(37(26)31)47-18-14-32-34(24-47)44-39(45-38(32)46(5)23-29-9-8-17-48(29)36(51)7-2)53-25-40(3)21-27(42)22-49(40)28-12-15-41(4,52)16-13-28/h1,7,10-11,19-20,27-29,50,52H,2,8-9,12-18,21-25H2,3-5H3/t27-,28?,29+,40+,41?/m1/s1. The number of terminal acetylenes is 1. The van der Waals surface area contributed by atoms with E-state index in [0.29, 0.717) is 80.7 Å². The number of nitrogens with zero attached hydrogens (tertiary/aromatic N) is 6. The number of ether oxygens (including phenoxy) is 1. The number of anilines is 2. The van der Waals surface area contributed by atoms with E-state index in [1.807, 2.05) is 30.7 Å². The molecule has 3 aliphatic heterocycles. The largest absolute Gasteiger partial charge is 0.508 e. The van der Waals surface area contributed by atoms with E-state index in [0.717, 1.165) is 36.9 Å². The van der Waals surface area contributed by atoms with E-state index in [1.165, 1.54) is 12.1 Å². The number of hydrogen-bond acceptors (Lipinski definition) is 9. The van der Waals surface area contributed by atoms with Crippen molar-refractivity contribution in [2.24, 2.45) is 0 Å². The summed E-state index contributed by atoms with van der Waals surface area (Å²) in [6.07, 6.45) is 11.7. The third kappa shape index (κ3) is 7.26. The molecule has 2 N–H and O–H groups in total. The number of carbonyl (C=O) groups excluding carboxylic acids is 1. The minimum absolute atomic E-state index is 0.0139. The second-order valence-electron chi connectivity index (χ2n) is 15.9. The van der Waals surface area contributed by atoms with Gasteiger partial charge in [0.15, 0.2) is 0 Å². The fraction of sp³-hybridized carbons (Fsp3) is 0.537. The number of aliphatic hydroxyl groups is 1. The molecule has 1 amide bonds. The first-order chi connectivity index (χ1) is 25.3. The molecule has 4 heterocycles. The summed E-state index contributed by atoms with van der Waals surface area (Å²) in [6.45, 7) is 10.2. The summed E-state index contributed by atoms with van der Waals surface area (Å²) in [6, 6.07) is 6.41. The zero-order chi connectivity index (χ0) is 37.7. The minimum Gasteiger partial charge on any atom is -0.508 e. The maximum Gasteiger partial charge on any atom is 0.318 e. The zero-order valence-electron chi connectivity index (χ0n) is 31.0. The number of alkyl halides is 1. The summed E-state index contributed by atoms with van der Waals surface area (Å²) in [5.41, 5.74) is 1.10. The molecule has 53 heavy (non-hydrogen) atoms. The molecule has 0 bridgehead atoms. The number of rotatable bonds is 9. The second-order valence-corrected chi connectivity index (χ2v) is 15.9. The summed E-state index contributed by atoms with van der Waals surface area (Å²) in [7, 11) is 1.96. The maximum absolute atomic E-state index is 15.1. The van der Waals surface area contributed by atoms with E-state index < -0.39 is 23.1 Å². The van der Waals surface area contributed by atoms with Gasteiger partial charge in [-0.2, -0.15) is 9.97 Å². The molecule has 7 rings (SSSR count). The van der Waals surface area contributed by atoms with E-state index in [2.05, 4.69) is 22.3 Å². The number of phenols is 1. The maximum atomic E-state index is 15.1. The topological polar surface area (TPSA) is 106 Å². The monoisotopic (exact) mass is 728 g/mol. The Balaban J connectivity index is 1.22. The van der Waals surface area contributed by atoms with Crippen molar-refractivity contribution in [3.8, 4) is 24.1 Å². The molecule has 0 radical (unpaired) electrons. The fourth-order valence-corrected chi connectivity index (χ4v) is 9.18. The van der Waals surface area contributed by atoms with Crippen LogP contribution in [0.2, 0.25) is 0 Å². The van der Waals surface area contributed by atoms with Crippen LogP contribution in [0.15, 0.2) is 36.9 Å². The number of benzene rings is 2. The van der Waals surface area contributed by atoms with Crippen LogP contribution >= 0.6 is 0 Å². The van der Waals surface area contributed by atoms with E-state index in [1.54, 1.807) is 18.2 Å². The quantitative estimate of drug-likeness (QED) is 0.218. The van der Waals surface area contributed by atoms with Gasteiger partial charge in [0.1, 0.15) is 30.2 Å². The number of halogens is 2. The van der Waals surface area contributed by atoms with Crippen molar-refractivity contribution >= 4 is 28.2 Å². The number of likely N-dealkylation sites (tertiary alicyclic amines) is 2. The van der Waals surface area contributed by atoms with Crippen molar-refractivity contribution in [2.45, 2.75) is 101 Å². The Bertz CT molecular complexity index is 1940. The van der Waals surface area contributed by atoms with Crippen molar-refractivity contribution in [1.29, 1.82) is 0 Å². The first kappa shape index (κ1) is 36.9. The Morgan fingerprint density at radius 3 is 2.72 bits per heavy atom. The van der Waals surface area contributed by atoms with E-state index in [4.69, 9.17) is 21.1 Å². The van der Waals surface area contributed by atoms with Gasteiger partial charge in [-0.1, -0.05) is 18.6 Å². The van der Waals surface area contributed by atoms with Gasteiger partial charge >= 0.3 is 6.01 Å². The van der Waals surface area contributed by atoms with E-state index in [-0.39, 0.29) is 41.9 Å². The average Bonchev–Trinajstić information content (AvgIpc) is 3.72.